The molecule has 0 aromatic heterocycles. The standard InChI is InChI=1S/C20H27NO/c1-5-21(18-10-8-9-17(4)15-18)13-14-22-20-12-7-6-11-19(20)16(2)3/h6-12,15-16H,5,13-14H2,1-4H3. The number of hydrogen-bond donors (Lipinski definition) is 0. The van der Waals surface area contributed by atoms with Crippen LogP contribution in [0.15, 0.2) is 48.5 Å². The Kier molecular flexibility index (Phi) is 5.88. The molecule has 0 saturated carbocycles. The molecule has 0 bridgehead atoms. The number of likely N-dealkylation sites (N-methyl/N-ethyl adjacent to an activating group) is 1. The van der Waals surface area contributed by atoms with Crippen LogP contribution >= 0.6 is 0 Å². The van der Waals surface area contributed by atoms with Crippen LogP contribution < -0.4 is 9.64 Å². The number of anilines is 1. The highest BCUT2D eigenvalue weighted by Crippen LogP contribution is 2.26. The maximum absolute atomic E-state index is 6.04. The zero-order valence-corrected chi connectivity index (χ0v) is 14.2. The largest absolute Gasteiger partial charge is 0.491 e. The first-order chi connectivity index (χ1) is 10.6. The van der Waals surface area contributed by atoms with Gasteiger partial charge in [0.2, 0.25) is 0 Å². The fourth-order valence-corrected chi connectivity index (χ4v) is 2.65. The quantitative estimate of drug-likeness (QED) is 0.711. The van der Waals surface area contributed by atoms with Crippen molar-refractivity contribution in [3.63, 3.8) is 0 Å². The van der Waals surface area contributed by atoms with Crippen molar-refractivity contribution in [1.82, 2.24) is 0 Å². The van der Waals surface area contributed by atoms with Crippen molar-refractivity contribution in [2.75, 3.05) is 24.6 Å². The Labute approximate surface area is 134 Å². The van der Waals surface area contributed by atoms with Gasteiger partial charge in [-0.1, -0.05) is 44.2 Å². The predicted octanol–water partition coefficient (Wildman–Crippen LogP) is 5.02. The van der Waals surface area contributed by atoms with Crippen LogP contribution in [0.2, 0.25) is 0 Å². The molecule has 0 radical (unpaired) electrons. The van der Waals surface area contributed by atoms with E-state index in [0.717, 1.165) is 18.8 Å². The van der Waals surface area contributed by atoms with E-state index >= 15 is 0 Å². The van der Waals surface area contributed by atoms with Crippen molar-refractivity contribution in [2.45, 2.75) is 33.6 Å². The first-order valence-electron chi connectivity index (χ1n) is 8.15. The summed E-state index contributed by atoms with van der Waals surface area (Å²) in [4.78, 5) is 2.35. The fraction of sp³-hybridized carbons (Fsp3) is 0.400. The maximum atomic E-state index is 6.04. The van der Waals surface area contributed by atoms with Crippen molar-refractivity contribution in [1.29, 1.82) is 0 Å². The van der Waals surface area contributed by atoms with Crippen LogP contribution in [0.3, 0.4) is 0 Å². The summed E-state index contributed by atoms with van der Waals surface area (Å²) in [7, 11) is 0. The lowest BCUT2D eigenvalue weighted by Gasteiger charge is -2.24. The highest BCUT2D eigenvalue weighted by atomic mass is 16.5. The molecule has 0 fully saturated rings. The van der Waals surface area contributed by atoms with E-state index in [-0.39, 0.29) is 0 Å². The lowest BCUT2D eigenvalue weighted by atomic mass is 10.0. The molecule has 0 unspecified atom stereocenters. The molecule has 2 nitrogen and oxygen atoms in total. The van der Waals surface area contributed by atoms with E-state index in [1.54, 1.807) is 0 Å². The second kappa shape index (κ2) is 7.88. The van der Waals surface area contributed by atoms with Gasteiger partial charge >= 0.3 is 0 Å². The molecular formula is C20H27NO. The summed E-state index contributed by atoms with van der Waals surface area (Å²) in [6.45, 7) is 11.3. The summed E-state index contributed by atoms with van der Waals surface area (Å²) in [5.41, 5.74) is 3.84. The van der Waals surface area contributed by atoms with Crippen molar-refractivity contribution in [2.24, 2.45) is 0 Å². The normalized spacial score (nSPS) is 10.8. The van der Waals surface area contributed by atoms with Crippen LogP contribution in [0.25, 0.3) is 0 Å². The summed E-state index contributed by atoms with van der Waals surface area (Å²) in [5.74, 6) is 1.49. The van der Waals surface area contributed by atoms with Gasteiger partial charge in [0, 0.05) is 12.2 Å². The van der Waals surface area contributed by atoms with Gasteiger partial charge in [-0.05, 0) is 49.1 Å². The smallest absolute Gasteiger partial charge is 0.122 e. The van der Waals surface area contributed by atoms with Crippen LogP contribution in [0.5, 0.6) is 5.75 Å². The van der Waals surface area contributed by atoms with E-state index in [0.29, 0.717) is 12.5 Å². The lowest BCUT2D eigenvalue weighted by molar-refractivity contribution is 0.319. The molecule has 0 saturated heterocycles. The summed E-state index contributed by atoms with van der Waals surface area (Å²) >= 11 is 0. The lowest BCUT2D eigenvalue weighted by Crippen LogP contribution is -2.28. The van der Waals surface area contributed by atoms with Gasteiger partial charge < -0.3 is 9.64 Å². The molecule has 0 aliphatic rings. The molecule has 0 aliphatic heterocycles. The summed E-state index contributed by atoms with van der Waals surface area (Å²) in [5, 5.41) is 0. The Morgan fingerprint density at radius 2 is 1.82 bits per heavy atom. The van der Waals surface area contributed by atoms with E-state index < -0.39 is 0 Å². The Morgan fingerprint density at radius 1 is 1.05 bits per heavy atom. The minimum absolute atomic E-state index is 0.482. The van der Waals surface area contributed by atoms with Crippen molar-refractivity contribution < 1.29 is 4.74 Å². The van der Waals surface area contributed by atoms with Gasteiger partial charge in [0.15, 0.2) is 0 Å². The Bertz CT molecular complexity index is 592. The average molecular weight is 297 g/mol. The summed E-state index contributed by atoms with van der Waals surface area (Å²) < 4.78 is 6.04. The second-order valence-corrected chi connectivity index (χ2v) is 5.96. The number of rotatable bonds is 7. The molecule has 118 valence electrons. The van der Waals surface area contributed by atoms with Crippen LogP contribution in [0, 0.1) is 6.92 Å². The SMILES string of the molecule is CCN(CCOc1ccccc1C(C)C)c1cccc(C)c1. The molecule has 0 N–H and O–H groups in total. The zero-order valence-electron chi connectivity index (χ0n) is 14.2. The third-order valence-corrected chi connectivity index (χ3v) is 3.91. The van der Waals surface area contributed by atoms with Crippen LogP contribution in [-0.2, 0) is 0 Å². The number of aryl methyl sites for hydroxylation is 1. The monoisotopic (exact) mass is 297 g/mol. The van der Waals surface area contributed by atoms with Gasteiger partial charge in [-0.25, -0.2) is 0 Å². The summed E-state index contributed by atoms with van der Waals surface area (Å²) in [6, 6.07) is 17.0. The molecule has 2 aromatic rings. The van der Waals surface area contributed by atoms with Gasteiger partial charge in [0.1, 0.15) is 12.4 Å². The molecular weight excluding hydrogens is 270 g/mol. The maximum Gasteiger partial charge on any atom is 0.122 e. The van der Waals surface area contributed by atoms with E-state index in [9.17, 15) is 0 Å². The number of benzene rings is 2. The van der Waals surface area contributed by atoms with Crippen LogP contribution in [-0.4, -0.2) is 19.7 Å². The Balaban J connectivity index is 1.98. The highest BCUT2D eigenvalue weighted by molar-refractivity contribution is 5.48. The van der Waals surface area contributed by atoms with Crippen molar-refractivity contribution in [3.05, 3.63) is 59.7 Å². The first-order valence-corrected chi connectivity index (χ1v) is 8.15. The van der Waals surface area contributed by atoms with Gasteiger partial charge in [0.05, 0.1) is 6.54 Å². The second-order valence-electron chi connectivity index (χ2n) is 5.96. The number of nitrogens with zero attached hydrogens (tertiary/aromatic N) is 1. The number of para-hydroxylation sites is 1. The van der Waals surface area contributed by atoms with Crippen molar-refractivity contribution in [3.8, 4) is 5.75 Å². The van der Waals surface area contributed by atoms with Gasteiger partial charge in [-0.15, -0.1) is 0 Å². The molecule has 2 rings (SSSR count). The molecule has 0 spiro atoms. The minimum atomic E-state index is 0.482. The van der Waals surface area contributed by atoms with Gasteiger partial charge in [-0.2, -0.15) is 0 Å². The zero-order chi connectivity index (χ0) is 15.9. The topological polar surface area (TPSA) is 12.5 Å². The highest BCUT2D eigenvalue weighted by Gasteiger charge is 2.08. The Morgan fingerprint density at radius 3 is 2.50 bits per heavy atom. The van der Waals surface area contributed by atoms with Gasteiger partial charge in [-0.3, -0.25) is 0 Å². The molecule has 2 heteroatoms. The molecule has 0 aliphatic carbocycles. The molecule has 0 heterocycles. The summed E-state index contributed by atoms with van der Waals surface area (Å²) in [6.07, 6.45) is 0. The van der Waals surface area contributed by atoms with E-state index in [1.165, 1.54) is 16.8 Å². The fourth-order valence-electron chi connectivity index (χ4n) is 2.65. The van der Waals surface area contributed by atoms with Crippen molar-refractivity contribution >= 4 is 5.69 Å². The van der Waals surface area contributed by atoms with E-state index in [2.05, 4.69) is 75.1 Å². The van der Waals surface area contributed by atoms with E-state index in [4.69, 9.17) is 4.74 Å². The Hall–Kier alpha value is -1.96. The third kappa shape index (κ3) is 4.27. The number of hydrogen-bond acceptors (Lipinski definition) is 2. The van der Waals surface area contributed by atoms with Crippen LogP contribution in [0.4, 0.5) is 5.69 Å². The minimum Gasteiger partial charge on any atom is -0.491 e. The number of ether oxygens (including phenoxy) is 1. The predicted molar refractivity (Wildman–Crippen MR) is 95.1 cm³/mol. The molecule has 2 aromatic carbocycles. The molecule has 0 atom stereocenters. The van der Waals surface area contributed by atoms with E-state index in [1.807, 2.05) is 6.07 Å². The molecule has 0 amide bonds. The average Bonchev–Trinajstić information content (AvgIpc) is 2.52. The van der Waals surface area contributed by atoms with Crippen LogP contribution in [0.1, 0.15) is 37.8 Å². The van der Waals surface area contributed by atoms with Gasteiger partial charge in [0.25, 0.3) is 0 Å². The third-order valence-electron chi connectivity index (χ3n) is 3.91. The molecule has 22 heavy (non-hydrogen) atoms. The first kappa shape index (κ1) is 16.4.